The van der Waals surface area contributed by atoms with E-state index >= 15 is 0 Å². The Labute approximate surface area is 118 Å². The van der Waals surface area contributed by atoms with Crippen molar-refractivity contribution < 1.29 is 4.74 Å². The smallest absolute Gasteiger partial charge is 0.123 e. The van der Waals surface area contributed by atoms with Crippen LogP contribution in [-0.4, -0.2) is 13.7 Å². The quantitative estimate of drug-likeness (QED) is 0.617. The maximum absolute atomic E-state index is 5.49. The van der Waals surface area contributed by atoms with E-state index in [0.717, 1.165) is 12.3 Å². The fourth-order valence-corrected chi connectivity index (χ4v) is 2.42. The minimum Gasteiger partial charge on any atom is -0.496 e. The highest BCUT2D eigenvalue weighted by atomic mass is 16.5. The molecule has 0 aromatic heterocycles. The molecule has 0 fully saturated rings. The van der Waals surface area contributed by atoms with Crippen LogP contribution in [0, 0.1) is 0 Å². The van der Waals surface area contributed by atoms with Gasteiger partial charge in [-0.25, -0.2) is 0 Å². The highest BCUT2D eigenvalue weighted by molar-refractivity contribution is 5.35. The lowest BCUT2D eigenvalue weighted by molar-refractivity contribution is 0.391. The van der Waals surface area contributed by atoms with Crippen molar-refractivity contribution in [3.05, 3.63) is 29.8 Å². The Hall–Kier alpha value is -1.02. The Morgan fingerprint density at radius 2 is 1.84 bits per heavy atom. The lowest BCUT2D eigenvalue weighted by Crippen LogP contribution is -2.22. The molecular weight excluding hydrogens is 234 g/mol. The minimum absolute atomic E-state index is 0.424. The van der Waals surface area contributed by atoms with Gasteiger partial charge in [0, 0.05) is 11.6 Å². The van der Waals surface area contributed by atoms with E-state index in [9.17, 15) is 0 Å². The maximum atomic E-state index is 5.49. The van der Waals surface area contributed by atoms with E-state index in [1.54, 1.807) is 7.11 Å². The van der Waals surface area contributed by atoms with Gasteiger partial charge >= 0.3 is 0 Å². The van der Waals surface area contributed by atoms with Crippen LogP contribution in [-0.2, 0) is 0 Å². The number of ether oxygens (including phenoxy) is 1. The predicted molar refractivity (Wildman–Crippen MR) is 82.8 cm³/mol. The van der Waals surface area contributed by atoms with E-state index in [-0.39, 0.29) is 0 Å². The lowest BCUT2D eigenvalue weighted by Gasteiger charge is -2.21. The average molecular weight is 263 g/mol. The molecule has 1 unspecified atom stereocenters. The topological polar surface area (TPSA) is 21.3 Å². The zero-order chi connectivity index (χ0) is 13.9. The summed E-state index contributed by atoms with van der Waals surface area (Å²) in [5, 5.41) is 3.66. The lowest BCUT2D eigenvalue weighted by atomic mass is 9.99. The number of methoxy groups -OCH3 is 1. The first-order valence-electron chi connectivity index (χ1n) is 7.69. The van der Waals surface area contributed by atoms with Gasteiger partial charge < -0.3 is 10.1 Å². The molecule has 2 nitrogen and oxygen atoms in total. The zero-order valence-corrected chi connectivity index (χ0v) is 12.7. The molecule has 0 aliphatic rings. The molecule has 1 N–H and O–H groups in total. The fourth-order valence-electron chi connectivity index (χ4n) is 2.42. The van der Waals surface area contributed by atoms with Crippen molar-refractivity contribution in [2.24, 2.45) is 0 Å². The standard InChI is InChI=1S/C17H29NO/c1-4-6-7-8-12-16(18-14-5-2)15-11-9-10-13-17(15)19-3/h9-11,13,16,18H,4-8,12,14H2,1-3H3. The van der Waals surface area contributed by atoms with Crippen LogP contribution in [0.15, 0.2) is 24.3 Å². The molecule has 1 rings (SSSR count). The normalized spacial score (nSPS) is 12.4. The summed E-state index contributed by atoms with van der Waals surface area (Å²) in [6, 6.07) is 8.81. The monoisotopic (exact) mass is 263 g/mol. The molecule has 0 aliphatic heterocycles. The van der Waals surface area contributed by atoms with Crippen LogP contribution < -0.4 is 10.1 Å². The van der Waals surface area contributed by atoms with Crippen molar-refractivity contribution in [2.75, 3.05) is 13.7 Å². The van der Waals surface area contributed by atoms with Gasteiger partial charge in [-0.15, -0.1) is 0 Å². The molecule has 1 aromatic rings. The van der Waals surface area contributed by atoms with Gasteiger partial charge in [-0.1, -0.05) is 57.7 Å². The maximum Gasteiger partial charge on any atom is 0.123 e. The summed E-state index contributed by atoms with van der Waals surface area (Å²) in [7, 11) is 1.76. The number of hydrogen-bond donors (Lipinski definition) is 1. The summed E-state index contributed by atoms with van der Waals surface area (Å²) in [4.78, 5) is 0. The number of hydrogen-bond acceptors (Lipinski definition) is 2. The van der Waals surface area contributed by atoms with Crippen LogP contribution in [0.3, 0.4) is 0 Å². The number of rotatable bonds is 10. The van der Waals surface area contributed by atoms with Gasteiger partial charge in [-0.3, -0.25) is 0 Å². The van der Waals surface area contributed by atoms with E-state index < -0.39 is 0 Å². The third kappa shape index (κ3) is 5.65. The van der Waals surface area contributed by atoms with Crippen molar-refractivity contribution in [3.63, 3.8) is 0 Å². The van der Waals surface area contributed by atoms with Crippen LogP contribution in [0.5, 0.6) is 5.75 Å². The van der Waals surface area contributed by atoms with Gasteiger partial charge in [0.05, 0.1) is 7.11 Å². The van der Waals surface area contributed by atoms with Crippen molar-refractivity contribution in [3.8, 4) is 5.75 Å². The number of para-hydroxylation sites is 1. The average Bonchev–Trinajstić information content (AvgIpc) is 2.46. The molecule has 1 atom stereocenters. The Bertz CT molecular complexity index is 338. The van der Waals surface area contributed by atoms with E-state index in [1.807, 2.05) is 6.07 Å². The van der Waals surface area contributed by atoms with Crippen LogP contribution in [0.2, 0.25) is 0 Å². The summed E-state index contributed by atoms with van der Waals surface area (Å²) in [5.41, 5.74) is 1.30. The summed E-state index contributed by atoms with van der Waals surface area (Å²) in [5.74, 6) is 1.01. The van der Waals surface area contributed by atoms with Crippen molar-refractivity contribution >= 4 is 0 Å². The summed E-state index contributed by atoms with van der Waals surface area (Å²) in [6.07, 6.45) is 7.61. The molecule has 0 aliphatic carbocycles. The predicted octanol–water partition coefficient (Wildman–Crippen LogP) is 4.71. The highest BCUT2D eigenvalue weighted by Gasteiger charge is 2.14. The van der Waals surface area contributed by atoms with Crippen molar-refractivity contribution in [1.29, 1.82) is 0 Å². The molecule has 0 radical (unpaired) electrons. The van der Waals surface area contributed by atoms with Crippen LogP contribution in [0.1, 0.15) is 64.0 Å². The SMILES string of the molecule is CCCCCCC(NCCC)c1ccccc1OC. The van der Waals surface area contributed by atoms with Gasteiger partial charge in [0.1, 0.15) is 5.75 Å². The van der Waals surface area contributed by atoms with Gasteiger partial charge in [-0.2, -0.15) is 0 Å². The second-order valence-corrected chi connectivity index (χ2v) is 5.10. The first kappa shape index (κ1) is 16.0. The Morgan fingerprint density at radius 3 is 2.53 bits per heavy atom. The van der Waals surface area contributed by atoms with Crippen LogP contribution >= 0.6 is 0 Å². The summed E-state index contributed by atoms with van der Waals surface area (Å²) in [6.45, 7) is 5.53. The second-order valence-electron chi connectivity index (χ2n) is 5.10. The largest absolute Gasteiger partial charge is 0.496 e. The first-order valence-corrected chi connectivity index (χ1v) is 7.69. The van der Waals surface area contributed by atoms with Crippen molar-refractivity contribution in [1.82, 2.24) is 5.32 Å². The van der Waals surface area contributed by atoms with E-state index in [4.69, 9.17) is 4.74 Å². The van der Waals surface area contributed by atoms with E-state index in [1.165, 1.54) is 44.1 Å². The van der Waals surface area contributed by atoms with Crippen molar-refractivity contribution in [2.45, 2.75) is 58.4 Å². The third-order valence-corrected chi connectivity index (χ3v) is 3.50. The highest BCUT2D eigenvalue weighted by Crippen LogP contribution is 2.28. The van der Waals surface area contributed by atoms with Gasteiger partial charge in [0.15, 0.2) is 0 Å². The molecule has 0 saturated heterocycles. The summed E-state index contributed by atoms with van der Waals surface area (Å²) < 4.78 is 5.49. The summed E-state index contributed by atoms with van der Waals surface area (Å²) >= 11 is 0. The van der Waals surface area contributed by atoms with Gasteiger partial charge in [0.25, 0.3) is 0 Å². The van der Waals surface area contributed by atoms with Crippen LogP contribution in [0.4, 0.5) is 0 Å². The number of nitrogens with one attached hydrogen (secondary N) is 1. The van der Waals surface area contributed by atoms with Gasteiger partial charge in [-0.05, 0) is 25.5 Å². The third-order valence-electron chi connectivity index (χ3n) is 3.50. The van der Waals surface area contributed by atoms with Gasteiger partial charge in [0.2, 0.25) is 0 Å². The fraction of sp³-hybridized carbons (Fsp3) is 0.647. The first-order chi connectivity index (χ1) is 9.33. The van der Waals surface area contributed by atoms with E-state index in [0.29, 0.717) is 6.04 Å². The van der Waals surface area contributed by atoms with E-state index in [2.05, 4.69) is 37.4 Å². The van der Waals surface area contributed by atoms with Crippen LogP contribution in [0.25, 0.3) is 0 Å². The molecule has 0 heterocycles. The minimum atomic E-state index is 0.424. The molecule has 0 bridgehead atoms. The Kier molecular flexibility index (Phi) is 8.31. The molecule has 19 heavy (non-hydrogen) atoms. The molecule has 0 spiro atoms. The number of benzene rings is 1. The zero-order valence-electron chi connectivity index (χ0n) is 12.7. The number of unbranched alkanes of at least 4 members (excludes halogenated alkanes) is 3. The molecule has 2 heteroatoms. The Morgan fingerprint density at radius 1 is 1.05 bits per heavy atom. The molecule has 108 valence electrons. The Balaban J connectivity index is 2.65. The molecule has 0 amide bonds. The second kappa shape index (κ2) is 9.85. The molecular formula is C17H29NO. The molecule has 1 aromatic carbocycles. The molecule has 0 saturated carbocycles.